The third kappa shape index (κ3) is 2.41. The molecule has 4 heterocycles. The fourth-order valence-corrected chi connectivity index (χ4v) is 3.08. The van der Waals surface area contributed by atoms with Gasteiger partial charge in [-0.1, -0.05) is 6.07 Å². The van der Waals surface area contributed by atoms with E-state index in [9.17, 15) is 0 Å². The van der Waals surface area contributed by atoms with Crippen LogP contribution in [0.1, 0.15) is 5.69 Å². The maximum atomic E-state index is 5.41. The lowest BCUT2D eigenvalue weighted by atomic mass is 10.2. The number of aromatic nitrogens is 4. The van der Waals surface area contributed by atoms with E-state index >= 15 is 0 Å². The summed E-state index contributed by atoms with van der Waals surface area (Å²) in [6.45, 7) is 2.23. The molecule has 0 amide bonds. The van der Waals surface area contributed by atoms with Crippen molar-refractivity contribution in [2.45, 2.75) is 6.92 Å². The Kier molecular flexibility index (Phi) is 3.24. The standard InChI is InChI=1S/C19H15N5O2/c1-12-18(24-9-3-2-4-17(24)21-12)14-7-8-20-19(23-14)22-13-5-6-15-16(10-13)26-11-25-15/h2-10H,11H2,1H3,(H,20,22,23). The molecule has 0 saturated carbocycles. The summed E-state index contributed by atoms with van der Waals surface area (Å²) in [5.74, 6) is 1.96. The molecule has 26 heavy (non-hydrogen) atoms. The number of hydrogen-bond acceptors (Lipinski definition) is 6. The lowest BCUT2D eigenvalue weighted by Gasteiger charge is -2.08. The van der Waals surface area contributed by atoms with E-state index in [0.29, 0.717) is 11.7 Å². The Morgan fingerprint density at radius 1 is 1.04 bits per heavy atom. The van der Waals surface area contributed by atoms with Gasteiger partial charge in [-0.25, -0.2) is 15.0 Å². The number of aryl methyl sites for hydroxylation is 1. The maximum absolute atomic E-state index is 5.41. The number of rotatable bonds is 3. The highest BCUT2D eigenvalue weighted by molar-refractivity contribution is 5.66. The Morgan fingerprint density at radius 3 is 2.92 bits per heavy atom. The Morgan fingerprint density at radius 2 is 1.96 bits per heavy atom. The molecule has 3 aromatic heterocycles. The summed E-state index contributed by atoms with van der Waals surface area (Å²) in [6.07, 6.45) is 3.72. The highest BCUT2D eigenvalue weighted by Crippen LogP contribution is 2.35. The van der Waals surface area contributed by atoms with E-state index in [-0.39, 0.29) is 6.79 Å². The molecule has 0 atom stereocenters. The van der Waals surface area contributed by atoms with Crippen molar-refractivity contribution in [2.24, 2.45) is 0 Å². The average Bonchev–Trinajstić information content (AvgIpc) is 3.24. The lowest BCUT2D eigenvalue weighted by molar-refractivity contribution is 0.174. The van der Waals surface area contributed by atoms with Crippen LogP contribution in [0.5, 0.6) is 11.5 Å². The molecule has 0 fully saturated rings. The average molecular weight is 345 g/mol. The number of anilines is 2. The van der Waals surface area contributed by atoms with Gasteiger partial charge in [0, 0.05) is 24.1 Å². The van der Waals surface area contributed by atoms with Gasteiger partial charge in [-0.05, 0) is 37.3 Å². The van der Waals surface area contributed by atoms with Crippen molar-refractivity contribution in [1.29, 1.82) is 0 Å². The SMILES string of the molecule is Cc1nc2ccccn2c1-c1ccnc(Nc2ccc3c(c2)OCO3)n1. The first-order valence-electron chi connectivity index (χ1n) is 8.22. The third-order valence-corrected chi connectivity index (χ3v) is 4.23. The number of pyridine rings is 1. The molecular formula is C19H15N5O2. The predicted molar refractivity (Wildman–Crippen MR) is 96.8 cm³/mol. The number of nitrogens with zero attached hydrogens (tertiary/aromatic N) is 4. The van der Waals surface area contributed by atoms with Gasteiger partial charge in [-0.2, -0.15) is 0 Å². The van der Waals surface area contributed by atoms with Gasteiger partial charge in [0.05, 0.1) is 17.1 Å². The second-order valence-electron chi connectivity index (χ2n) is 5.93. The van der Waals surface area contributed by atoms with Crippen LogP contribution in [0, 0.1) is 6.92 Å². The normalized spacial score (nSPS) is 12.5. The zero-order valence-electron chi connectivity index (χ0n) is 14.0. The Bertz CT molecular complexity index is 1120. The molecule has 128 valence electrons. The van der Waals surface area contributed by atoms with Gasteiger partial charge in [0.2, 0.25) is 12.7 Å². The minimum Gasteiger partial charge on any atom is -0.454 e. The summed E-state index contributed by atoms with van der Waals surface area (Å²) in [5.41, 5.74) is 4.41. The molecule has 0 unspecified atom stereocenters. The van der Waals surface area contributed by atoms with Crippen LogP contribution in [-0.4, -0.2) is 26.1 Å². The number of imidazole rings is 1. The molecule has 1 aromatic carbocycles. The molecule has 7 heteroatoms. The minimum atomic E-state index is 0.248. The number of ether oxygens (including phenoxy) is 2. The van der Waals surface area contributed by atoms with Crippen molar-refractivity contribution in [3.05, 3.63) is 60.6 Å². The number of hydrogen-bond donors (Lipinski definition) is 1. The molecular weight excluding hydrogens is 330 g/mol. The van der Waals surface area contributed by atoms with E-state index < -0.39 is 0 Å². The van der Waals surface area contributed by atoms with Crippen molar-refractivity contribution >= 4 is 17.3 Å². The van der Waals surface area contributed by atoms with Crippen molar-refractivity contribution in [3.8, 4) is 22.9 Å². The van der Waals surface area contributed by atoms with E-state index in [0.717, 1.165) is 34.2 Å². The van der Waals surface area contributed by atoms with Crippen LogP contribution in [0.4, 0.5) is 11.6 Å². The highest BCUT2D eigenvalue weighted by Gasteiger charge is 2.15. The molecule has 0 aliphatic carbocycles. The maximum Gasteiger partial charge on any atom is 0.231 e. The quantitative estimate of drug-likeness (QED) is 0.612. The van der Waals surface area contributed by atoms with Crippen LogP contribution in [0.2, 0.25) is 0 Å². The Balaban J connectivity index is 1.52. The summed E-state index contributed by atoms with van der Waals surface area (Å²) in [4.78, 5) is 13.6. The first-order valence-corrected chi connectivity index (χ1v) is 8.22. The van der Waals surface area contributed by atoms with Gasteiger partial charge in [0.15, 0.2) is 11.5 Å². The largest absolute Gasteiger partial charge is 0.454 e. The summed E-state index contributed by atoms with van der Waals surface area (Å²) in [7, 11) is 0. The highest BCUT2D eigenvalue weighted by atomic mass is 16.7. The van der Waals surface area contributed by atoms with Gasteiger partial charge in [-0.15, -0.1) is 0 Å². The fraction of sp³-hybridized carbons (Fsp3) is 0.105. The Labute approximate surface area is 149 Å². The first-order chi connectivity index (χ1) is 12.8. The zero-order valence-corrected chi connectivity index (χ0v) is 14.0. The van der Waals surface area contributed by atoms with Crippen LogP contribution >= 0.6 is 0 Å². The molecule has 7 nitrogen and oxygen atoms in total. The van der Waals surface area contributed by atoms with Gasteiger partial charge >= 0.3 is 0 Å². The third-order valence-electron chi connectivity index (χ3n) is 4.23. The monoisotopic (exact) mass is 345 g/mol. The molecule has 1 N–H and O–H groups in total. The molecule has 0 spiro atoms. The molecule has 1 aliphatic rings. The second-order valence-corrected chi connectivity index (χ2v) is 5.93. The summed E-state index contributed by atoms with van der Waals surface area (Å²) in [5, 5.41) is 3.22. The smallest absolute Gasteiger partial charge is 0.231 e. The predicted octanol–water partition coefficient (Wildman–Crippen LogP) is 3.57. The van der Waals surface area contributed by atoms with Crippen LogP contribution in [0.25, 0.3) is 17.0 Å². The van der Waals surface area contributed by atoms with Crippen molar-refractivity contribution in [1.82, 2.24) is 19.4 Å². The first kappa shape index (κ1) is 14.7. The van der Waals surface area contributed by atoms with Gasteiger partial charge < -0.3 is 14.8 Å². The number of benzene rings is 1. The molecule has 1 aliphatic heterocycles. The van der Waals surface area contributed by atoms with Crippen LogP contribution in [0.3, 0.4) is 0 Å². The van der Waals surface area contributed by atoms with E-state index in [4.69, 9.17) is 9.47 Å². The van der Waals surface area contributed by atoms with E-state index in [1.165, 1.54) is 0 Å². The molecule has 0 bridgehead atoms. The van der Waals surface area contributed by atoms with Crippen LogP contribution in [0.15, 0.2) is 54.9 Å². The zero-order chi connectivity index (χ0) is 17.5. The Hall–Kier alpha value is -3.61. The van der Waals surface area contributed by atoms with Crippen LogP contribution < -0.4 is 14.8 Å². The van der Waals surface area contributed by atoms with Crippen molar-refractivity contribution < 1.29 is 9.47 Å². The second kappa shape index (κ2) is 5.73. The fourth-order valence-electron chi connectivity index (χ4n) is 3.08. The summed E-state index contributed by atoms with van der Waals surface area (Å²) in [6, 6.07) is 13.4. The molecule has 5 rings (SSSR count). The summed E-state index contributed by atoms with van der Waals surface area (Å²) >= 11 is 0. The van der Waals surface area contributed by atoms with Gasteiger partial charge in [-0.3, -0.25) is 4.40 Å². The van der Waals surface area contributed by atoms with Gasteiger partial charge in [0.25, 0.3) is 0 Å². The number of fused-ring (bicyclic) bond motifs is 2. The molecule has 0 saturated heterocycles. The van der Waals surface area contributed by atoms with Crippen molar-refractivity contribution in [2.75, 3.05) is 12.1 Å². The van der Waals surface area contributed by atoms with Gasteiger partial charge in [0.1, 0.15) is 5.65 Å². The van der Waals surface area contributed by atoms with E-state index in [1.807, 2.05) is 60.0 Å². The van der Waals surface area contributed by atoms with E-state index in [2.05, 4.69) is 20.3 Å². The van der Waals surface area contributed by atoms with Crippen molar-refractivity contribution in [3.63, 3.8) is 0 Å². The molecule has 0 radical (unpaired) electrons. The minimum absolute atomic E-state index is 0.248. The topological polar surface area (TPSA) is 73.6 Å². The number of nitrogens with one attached hydrogen (secondary N) is 1. The lowest BCUT2D eigenvalue weighted by Crippen LogP contribution is -1.99. The molecule has 4 aromatic rings. The summed E-state index contributed by atoms with van der Waals surface area (Å²) < 4.78 is 12.8. The van der Waals surface area contributed by atoms with Crippen LogP contribution in [-0.2, 0) is 0 Å². The van der Waals surface area contributed by atoms with E-state index in [1.54, 1.807) is 6.20 Å².